The zero-order valence-electron chi connectivity index (χ0n) is 6.75. The largest absolute Gasteiger partial charge is 0.477 e. The van der Waals surface area contributed by atoms with Gasteiger partial charge >= 0.3 is 5.97 Å². The highest BCUT2D eigenvalue weighted by Gasteiger charge is 2.16. The maximum absolute atomic E-state index is 10.6. The lowest BCUT2D eigenvalue weighted by atomic mass is 10.1. The molecule has 0 aromatic carbocycles. The molecule has 0 radical (unpaired) electrons. The summed E-state index contributed by atoms with van der Waals surface area (Å²) >= 11 is 3.45. The van der Waals surface area contributed by atoms with Crippen LogP contribution in [-0.2, 0) is 6.42 Å². The topological polar surface area (TPSA) is 53.1 Å². The van der Waals surface area contributed by atoms with Crippen LogP contribution in [0.25, 0.3) is 6.08 Å². The molecular weight excluding hydrogens is 234 g/mol. The van der Waals surface area contributed by atoms with Crippen molar-refractivity contribution >= 4 is 28.0 Å². The lowest BCUT2D eigenvalue weighted by molar-refractivity contribution is 0.0691. The Morgan fingerprint density at radius 2 is 2.46 bits per heavy atom. The van der Waals surface area contributed by atoms with Crippen molar-refractivity contribution in [3.63, 3.8) is 0 Å². The van der Waals surface area contributed by atoms with E-state index in [9.17, 15) is 4.79 Å². The summed E-state index contributed by atoms with van der Waals surface area (Å²) in [5.74, 6) is -0.908. The van der Waals surface area contributed by atoms with Gasteiger partial charge < -0.3 is 10.1 Å². The van der Waals surface area contributed by atoms with Crippen LogP contribution in [0.5, 0.6) is 0 Å². The van der Waals surface area contributed by atoms with Gasteiger partial charge in [0.25, 0.3) is 0 Å². The summed E-state index contributed by atoms with van der Waals surface area (Å²) in [5, 5.41) is 8.73. The van der Waals surface area contributed by atoms with E-state index in [1.54, 1.807) is 6.07 Å². The van der Waals surface area contributed by atoms with Gasteiger partial charge in [-0.3, -0.25) is 0 Å². The van der Waals surface area contributed by atoms with Crippen LogP contribution in [0.2, 0.25) is 0 Å². The van der Waals surface area contributed by atoms with Crippen molar-refractivity contribution in [2.45, 2.75) is 11.2 Å². The monoisotopic (exact) mass is 241 g/mol. The molecular formula is C9H8BrNO2. The molecule has 13 heavy (non-hydrogen) atoms. The van der Waals surface area contributed by atoms with Crippen LogP contribution < -0.4 is 0 Å². The molecule has 2 N–H and O–H groups in total. The van der Waals surface area contributed by atoms with E-state index in [1.807, 2.05) is 12.2 Å². The number of aromatic amines is 1. The molecule has 3 nitrogen and oxygen atoms in total. The molecule has 0 saturated carbocycles. The first-order chi connectivity index (χ1) is 6.16. The number of hydrogen-bond acceptors (Lipinski definition) is 1. The number of nitrogens with one attached hydrogen (secondary N) is 1. The summed E-state index contributed by atoms with van der Waals surface area (Å²) in [6, 6.07) is 1.66. The van der Waals surface area contributed by atoms with Crippen molar-refractivity contribution in [2.75, 3.05) is 0 Å². The summed E-state index contributed by atoms with van der Waals surface area (Å²) in [6.45, 7) is 0. The third-order valence-electron chi connectivity index (χ3n) is 2.05. The molecule has 1 heterocycles. The highest BCUT2D eigenvalue weighted by Crippen LogP contribution is 2.23. The molecule has 0 spiro atoms. The van der Waals surface area contributed by atoms with E-state index in [0.29, 0.717) is 4.83 Å². The fraction of sp³-hybridized carbons (Fsp3) is 0.222. The zero-order valence-corrected chi connectivity index (χ0v) is 8.34. The van der Waals surface area contributed by atoms with Crippen LogP contribution >= 0.6 is 15.9 Å². The van der Waals surface area contributed by atoms with Crippen molar-refractivity contribution in [1.29, 1.82) is 0 Å². The third kappa shape index (κ3) is 1.54. The van der Waals surface area contributed by atoms with Gasteiger partial charge in [-0.2, -0.15) is 0 Å². The predicted molar refractivity (Wildman–Crippen MR) is 53.2 cm³/mol. The first-order valence-corrected chi connectivity index (χ1v) is 4.86. The second-order valence-corrected chi connectivity index (χ2v) is 4.18. The Morgan fingerprint density at radius 1 is 1.69 bits per heavy atom. The van der Waals surface area contributed by atoms with Crippen molar-refractivity contribution in [1.82, 2.24) is 4.98 Å². The normalized spacial score (nSPS) is 19.9. The standard InChI is InChI=1S/C9H8BrNO2/c10-6-2-1-5-3-8(9(12)13)11-7(5)4-6/h1-3,6,11H,4H2,(H,12,13). The number of carboxylic acids is 1. The molecule has 1 aliphatic carbocycles. The summed E-state index contributed by atoms with van der Waals surface area (Å²) in [6.07, 6.45) is 4.77. The Bertz CT molecular complexity index is 381. The van der Waals surface area contributed by atoms with Gasteiger partial charge in [0.2, 0.25) is 0 Å². The van der Waals surface area contributed by atoms with Gasteiger partial charge in [-0.1, -0.05) is 28.1 Å². The number of alkyl halides is 1. The Kier molecular flexibility index (Phi) is 2.00. The van der Waals surface area contributed by atoms with Crippen LogP contribution in [0, 0.1) is 0 Å². The minimum absolute atomic E-state index is 0.260. The predicted octanol–water partition coefficient (Wildman–Crippen LogP) is 2.05. The van der Waals surface area contributed by atoms with Gasteiger partial charge in [0, 0.05) is 16.9 Å². The minimum Gasteiger partial charge on any atom is -0.477 e. The number of allylic oxidation sites excluding steroid dienone is 1. The van der Waals surface area contributed by atoms with Crippen molar-refractivity contribution in [2.24, 2.45) is 0 Å². The van der Waals surface area contributed by atoms with Crippen LogP contribution in [0.15, 0.2) is 12.1 Å². The summed E-state index contributed by atoms with van der Waals surface area (Å²) < 4.78 is 0. The summed E-state index contributed by atoms with van der Waals surface area (Å²) in [7, 11) is 0. The number of carbonyl (C=O) groups is 1. The Morgan fingerprint density at radius 3 is 3.15 bits per heavy atom. The summed E-state index contributed by atoms with van der Waals surface area (Å²) in [4.78, 5) is 13.8. The van der Waals surface area contributed by atoms with E-state index in [1.165, 1.54) is 0 Å². The van der Waals surface area contributed by atoms with Crippen LogP contribution in [0.4, 0.5) is 0 Å². The van der Waals surface area contributed by atoms with Crippen molar-refractivity contribution < 1.29 is 9.90 Å². The SMILES string of the molecule is O=C(O)c1cc2c([nH]1)CC(Br)C=C2. The minimum atomic E-state index is -0.908. The van der Waals surface area contributed by atoms with E-state index in [2.05, 4.69) is 20.9 Å². The quantitative estimate of drug-likeness (QED) is 0.740. The van der Waals surface area contributed by atoms with E-state index in [4.69, 9.17) is 5.11 Å². The maximum Gasteiger partial charge on any atom is 0.352 e. The summed E-state index contributed by atoms with van der Waals surface area (Å²) in [5.41, 5.74) is 2.23. The van der Waals surface area contributed by atoms with Gasteiger partial charge in [-0.15, -0.1) is 0 Å². The van der Waals surface area contributed by atoms with Gasteiger partial charge in [0.05, 0.1) is 0 Å². The highest BCUT2D eigenvalue weighted by atomic mass is 79.9. The Balaban J connectivity index is 2.41. The van der Waals surface area contributed by atoms with Crippen LogP contribution in [0.3, 0.4) is 0 Å². The lowest BCUT2D eigenvalue weighted by Gasteiger charge is -2.09. The molecule has 1 aromatic heterocycles. The van der Waals surface area contributed by atoms with Gasteiger partial charge in [0.1, 0.15) is 5.69 Å². The first kappa shape index (κ1) is 8.56. The fourth-order valence-electron chi connectivity index (χ4n) is 1.42. The molecule has 0 aliphatic heterocycles. The lowest BCUT2D eigenvalue weighted by Crippen LogP contribution is -2.04. The van der Waals surface area contributed by atoms with Gasteiger partial charge in [0.15, 0.2) is 0 Å². The van der Waals surface area contributed by atoms with E-state index in [-0.39, 0.29) is 5.69 Å². The average molecular weight is 242 g/mol. The molecule has 0 fully saturated rings. The number of halogens is 1. The number of hydrogen-bond donors (Lipinski definition) is 2. The molecule has 0 saturated heterocycles. The molecule has 0 bridgehead atoms. The number of rotatable bonds is 1. The number of fused-ring (bicyclic) bond motifs is 1. The smallest absolute Gasteiger partial charge is 0.352 e. The van der Waals surface area contributed by atoms with Crippen molar-refractivity contribution in [3.05, 3.63) is 29.1 Å². The number of aromatic nitrogens is 1. The number of aromatic carboxylic acids is 1. The molecule has 4 heteroatoms. The van der Waals surface area contributed by atoms with Crippen LogP contribution in [0.1, 0.15) is 21.7 Å². The average Bonchev–Trinajstić information content (AvgIpc) is 2.46. The molecule has 1 aliphatic rings. The first-order valence-electron chi connectivity index (χ1n) is 3.94. The molecule has 2 rings (SSSR count). The second kappa shape index (κ2) is 3.03. The molecule has 0 amide bonds. The third-order valence-corrected chi connectivity index (χ3v) is 2.68. The Hall–Kier alpha value is -1.03. The van der Waals surface area contributed by atoms with E-state index in [0.717, 1.165) is 17.7 Å². The second-order valence-electron chi connectivity index (χ2n) is 3.00. The van der Waals surface area contributed by atoms with Gasteiger partial charge in [-0.05, 0) is 11.6 Å². The molecule has 1 aromatic rings. The zero-order chi connectivity index (χ0) is 9.42. The van der Waals surface area contributed by atoms with Crippen molar-refractivity contribution in [3.8, 4) is 0 Å². The van der Waals surface area contributed by atoms with E-state index >= 15 is 0 Å². The maximum atomic E-state index is 10.6. The van der Waals surface area contributed by atoms with Crippen LogP contribution in [-0.4, -0.2) is 20.9 Å². The molecule has 68 valence electrons. The molecule has 1 unspecified atom stereocenters. The fourth-order valence-corrected chi connectivity index (χ4v) is 1.89. The number of H-pyrrole nitrogens is 1. The highest BCUT2D eigenvalue weighted by molar-refractivity contribution is 9.09. The van der Waals surface area contributed by atoms with Gasteiger partial charge in [-0.25, -0.2) is 4.79 Å². The number of carboxylic acid groups (broad SMARTS) is 1. The van der Waals surface area contributed by atoms with E-state index < -0.39 is 5.97 Å². The Labute approximate surface area is 83.6 Å². The molecule has 1 atom stereocenters.